The molecular formula is C9H19N3. The Morgan fingerprint density at radius 1 is 1.50 bits per heavy atom. The minimum absolute atomic E-state index is 0.313. The molecule has 1 aliphatic rings. The number of amidine groups is 1. The highest BCUT2D eigenvalue weighted by Gasteiger charge is 2.17. The standard InChI is InChI=1S/C9H19N3/c1-7-6-8(9(10)11)4-2-3-5-12-7/h7-8,12H,2-6H2,1H3,(H3,10,11). The molecule has 1 heterocycles. The minimum atomic E-state index is 0.313. The van der Waals surface area contributed by atoms with Crippen molar-refractivity contribution in [3.63, 3.8) is 0 Å². The van der Waals surface area contributed by atoms with Gasteiger partial charge in [-0.05, 0) is 32.7 Å². The summed E-state index contributed by atoms with van der Waals surface area (Å²) in [6, 6.07) is 0.513. The molecule has 3 nitrogen and oxygen atoms in total. The zero-order valence-electron chi connectivity index (χ0n) is 7.77. The second kappa shape index (κ2) is 4.45. The fourth-order valence-electron chi connectivity index (χ4n) is 1.77. The molecule has 0 radical (unpaired) electrons. The van der Waals surface area contributed by atoms with Gasteiger partial charge in [0.15, 0.2) is 0 Å². The second-order valence-corrected chi connectivity index (χ2v) is 3.74. The van der Waals surface area contributed by atoms with E-state index in [9.17, 15) is 0 Å². The highest BCUT2D eigenvalue weighted by atomic mass is 14.9. The molecular weight excluding hydrogens is 150 g/mol. The molecule has 1 aliphatic heterocycles. The average molecular weight is 169 g/mol. The SMILES string of the molecule is CC1CC(C(=N)N)CCCCN1. The van der Waals surface area contributed by atoms with Gasteiger partial charge in [-0.1, -0.05) is 6.42 Å². The van der Waals surface area contributed by atoms with Crippen LogP contribution in [0.1, 0.15) is 32.6 Å². The van der Waals surface area contributed by atoms with Crippen LogP contribution in [0.25, 0.3) is 0 Å². The summed E-state index contributed by atoms with van der Waals surface area (Å²) in [7, 11) is 0. The smallest absolute Gasteiger partial charge is 0.0937 e. The van der Waals surface area contributed by atoms with Crippen molar-refractivity contribution in [3.05, 3.63) is 0 Å². The van der Waals surface area contributed by atoms with Crippen molar-refractivity contribution < 1.29 is 0 Å². The van der Waals surface area contributed by atoms with Crippen molar-refractivity contribution in [2.45, 2.75) is 38.6 Å². The number of nitrogens with two attached hydrogens (primary N) is 1. The third kappa shape index (κ3) is 2.81. The van der Waals surface area contributed by atoms with E-state index in [1.165, 1.54) is 12.8 Å². The molecule has 0 bridgehead atoms. The highest BCUT2D eigenvalue weighted by Crippen LogP contribution is 2.16. The summed E-state index contributed by atoms with van der Waals surface area (Å²) in [5.41, 5.74) is 5.51. The molecule has 0 saturated carbocycles. The molecule has 2 unspecified atom stereocenters. The van der Waals surface area contributed by atoms with Gasteiger partial charge >= 0.3 is 0 Å². The summed E-state index contributed by atoms with van der Waals surface area (Å²) in [5.74, 6) is 0.679. The average Bonchev–Trinajstić information content (AvgIpc) is 1.95. The van der Waals surface area contributed by atoms with E-state index in [0.717, 1.165) is 19.4 Å². The molecule has 0 spiro atoms. The number of rotatable bonds is 1. The summed E-state index contributed by atoms with van der Waals surface area (Å²) in [6.07, 6.45) is 4.54. The maximum atomic E-state index is 7.40. The molecule has 70 valence electrons. The van der Waals surface area contributed by atoms with E-state index in [0.29, 0.717) is 17.8 Å². The summed E-state index contributed by atoms with van der Waals surface area (Å²) in [6.45, 7) is 3.28. The van der Waals surface area contributed by atoms with Crippen molar-refractivity contribution >= 4 is 5.84 Å². The van der Waals surface area contributed by atoms with Gasteiger partial charge in [-0.2, -0.15) is 0 Å². The van der Waals surface area contributed by atoms with Crippen LogP contribution in [-0.4, -0.2) is 18.4 Å². The van der Waals surface area contributed by atoms with Crippen molar-refractivity contribution in [3.8, 4) is 0 Å². The van der Waals surface area contributed by atoms with Crippen molar-refractivity contribution in [1.29, 1.82) is 5.41 Å². The molecule has 0 amide bonds. The zero-order chi connectivity index (χ0) is 8.97. The zero-order valence-corrected chi connectivity index (χ0v) is 7.77. The van der Waals surface area contributed by atoms with Gasteiger partial charge in [0.2, 0.25) is 0 Å². The molecule has 1 fully saturated rings. The van der Waals surface area contributed by atoms with Gasteiger partial charge < -0.3 is 11.1 Å². The number of nitrogens with one attached hydrogen (secondary N) is 2. The van der Waals surface area contributed by atoms with Gasteiger partial charge in [-0.15, -0.1) is 0 Å². The second-order valence-electron chi connectivity index (χ2n) is 3.74. The van der Waals surface area contributed by atoms with Gasteiger partial charge in [0.25, 0.3) is 0 Å². The van der Waals surface area contributed by atoms with E-state index in [1.807, 2.05) is 0 Å². The Kier molecular flexibility index (Phi) is 3.53. The Morgan fingerprint density at radius 2 is 2.25 bits per heavy atom. The minimum Gasteiger partial charge on any atom is -0.387 e. The van der Waals surface area contributed by atoms with E-state index >= 15 is 0 Å². The first kappa shape index (κ1) is 9.52. The van der Waals surface area contributed by atoms with Gasteiger partial charge in [0, 0.05) is 12.0 Å². The first-order valence-corrected chi connectivity index (χ1v) is 4.77. The lowest BCUT2D eigenvalue weighted by molar-refractivity contribution is 0.395. The first-order valence-electron chi connectivity index (χ1n) is 4.77. The predicted octanol–water partition coefficient (Wildman–Crippen LogP) is 1.09. The Hall–Kier alpha value is -0.570. The monoisotopic (exact) mass is 169 g/mol. The molecule has 0 aromatic carbocycles. The van der Waals surface area contributed by atoms with E-state index in [-0.39, 0.29) is 0 Å². The topological polar surface area (TPSA) is 61.9 Å². The molecule has 3 heteroatoms. The molecule has 4 N–H and O–H groups in total. The van der Waals surface area contributed by atoms with Crippen LogP contribution in [0.15, 0.2) is 0 Å². The first-order chi connectivity index (χ1) is 5.70. The van der Waals surface area contributed by atoms with Crippen LogP contribution >= 0.6 is 0 Å². The summed E-state index contributed by atoms with van der Waals surface area (Å²) in [4.78, 5) is 0. The van der Waals surface area contributed by atoms with E-state index in [4.69, 9.17) is 11.1 Å². The lowest BCUT2D eigenvalue weighted by atomic mass is 9.92. The van der Waals surface area contributed by atoms with Gasteiger partial charge in [-0.25, -0.2) is 0 Å². The molecule has 1 saturated heterocycles. The molecule has 0 aromatic heterocycles. The van der Waals surface area contributed by atoms with E-state index in [2.05, 4.69) is 12.2 Å². The van der Waals surface area contributed by atoms with Crippen LogP contribution in [-0.2, 0) is 0 Å². The van der Waals surface area contributed by atoms with Crippen molar-refractivity contribution in [2.24, 2.45) is 11.7 Å². The van der Waals surface area contributed by atoms with Crippen molar-refractivity contribution in [1.82, 2.24) is 5.32 Å². The number of hydrogen-bond acceptors (Lipinski definition) is 2. The van der Waals surface area contributed by atoms with E-state index < -0.39 is 0 Å². The van der Waals surface area contributed by atoms with E-state index in [1.54, 1.807) is 0 Å². The third-order valence-electron chi connectivity index (χ3n) is 2.55. The van der Waals surface area contributed by atoms with Gasteiger partial charge in [0.05, 0.1) is 5.84 Å². The third-order valence-corrected chi connectivity index (χ3v) is 2.55. The maximum Gasteiger partial charge on any atom is 0.0937 e. The van der Waals surface area contributed by atoms with Crippen LogP contribution in [0.2, 0.25) is 0 Å². The van der Waals surface area contributed by atoms with Crippen LogP contribution in [0, 0.1) is 11.3 Å². The summed E-state index contributed by atoms with van der Waals surface area (Å²) >= 11 is 0. The normalized spacial score (nSPS) is 32.1. The lowest BCUT2D eigenvalue weighted by Crippen LogP contribution is -2.35. The largest absolute Gasteiger partial charge is 0.387 e. The van der Waals surface area contributed by atoms with Crippen LogP contribution in [0.4, 0.5) is 0 Å². The predicted molar refractivity (Wildman–Crippen MR) is 51.3 cm³/mol. The number of hydrogen-bond donors (Lipinski definition) is 3. The summed E-state index contributed by atoms with van der Waals surface area (Å²) in [5, 5.41) is 10.8. The van der Waals surface area contributed by atoms with Crippen molar-refractivity contribution in [2.75, 3.05) is 6.54 Å². The molecule has 2 atom stereocenters. The quantitative estimate of drug-likeness (QED) is 0.406. The highest BCUT2D eigenvalue weighted by molar-refractivity contribution is 5.79. The Bertz CT molecular complexity index is 156. The Morgan fingerprint density at radius 3 is 2.92 bits per heavy atom. The molecule has 0 aromatic rings. The maximum absolute atomic E-state index is 7.40. The van der Waals surface area contributed by atoms with Gasteiger partial charge in [0.1, 0.15) is 0 Å². The van der Waals surface area contributed by atoms with Crippen LogP contribution < -0.4 is 11.1 Å². The van der Waals surface area contributed by atoms with Gasteiger partial charge in [-0.3, -0.25) is 5.41 Å². The fraction of sp³-hybridized carbons (Fsp3) is 0.889. The summed E-state index contributed by atoms with van der Waals surface area (Å²) < 4.78 is 0. The Balaban J connectivity index is 2.43. The molecule has 1 rings (SSSR count). The molecule has 12 heavy (non-hydrogen) atoms. The van der Waals surface area contributed by atoms with Crippen LogP contribution in [0.3, 0.4) is 0 Å². The lowest BCUT2D eigenvalue weighted by Gasteiger charge is -2.23. The fourth-order valence-corrected chi connectivity index (χ4v) is 1.77. The van der Waals surface area contributed by atoms with Crippen LogP contribution in [0.5, 0.6) is 0 Å². The molecule has 0 aliphatic carbocycles. The Labute approximate surface area is 74.2 Å².